The summed E-state index contributed by atoms with van der Waals surface area (Å²) < 4.78 is 0. The lowest BCUT2D eigenvalue weighted by Gasteiger charge is -2.15. The first-order chi connectivity index (χ1) is 7.09. The molecule has 15 heavy (non-hydrogen) atoms. The van der Waals surface area contributed by atoms with Gasteiger partial charge in [-0.25, -0.2) is 0 Å². The van der Waals surface area contributed by atoms with E-state index < -0.39 is 5.97 Å². The van der Waals surface area contributed by atoms with E-state index in [1.807, 2.05) is 18.0 Å². The molecule has 1 heterocycles. The highest BCUT2D eigenvalue weighted by molar-refractivity contribution is 6.31. The maximum atomic E-state index is 10.4. The van der Waals surface area contributed by atoms with Crippen LogP contribution in [-0.4, -0.2) is 34.6 Å². The summed E-state index contributed by atoms with van der Waals surface area (Å²) in [7, 11) is 1.86. The van der Waals surface area contributed by atoms with Crippen LogP contribution in [0.25, 0.3) is 0 Å². The Labute approximate surface area is 93.5 Å². The molecule has 0 radical (unpaired) electrons. The van der Waals surface area contributed by atoms with Gasteiger partial charge < -0.3 is 10.0 Å². The Hall–Kier alpha value is -1.13. The first kappa shape index (κ1) is 11.9. The normalized spacial score (nSPS) is 10.6. The average molecular weight is 229 g/mol. The fourth-order valence-corrected chi connectivity index (χ4v) is 1.37. The monoisotopic (exact) mass is 228 g/mol. The van der Waals surface area contributed by atoms with Crippen LogP contribution in [0.5, 0.6) is 0 Å². The number of carboxylic acids is 1. The zero-order chi connectivity index (χ0) is 11.3. The minimum absolute atomic E-state index is 0.138. The van der Waals surface area contributed by atoms with Crippen LogP contribution in [0.2, 0.25) is 5.02 Å². The molecular formula is C10H13ClN2O2. The minimum Gasteiger partial charge on any atom is -0.481 e. The predicted octanol–water partition coefficient (Wildman–Crippen LogP) is 1.64. The smallest absolute Gasteiger partial charge is 0.304 e. The second-order valence-electron chi connectivity index (χ2n) is 3.35. The van der Waals surface area contributed by atoms with Crippen LogP contribution < -0.4 is 0 Å². The van der Waals surface area contributed by atoms with Gasteiger partial charge in [-0.3, -0.25) is 9.78 Å². The van der Waals surface area contributed by atoms with Gasteiger partial charge in [0.05, 0.1) is 11.4 Å². The third-order valence-corrected chi connectivity index (χ3v) is 2.34. The molecule has 0 atom stereocenters. The molecule has 0 saturated heterocycles. The van der Waals surface area contributed by atoms with Gasteiger partial charge in [0.2, 0.25) is 0 Å². The zero-order valence-corrected chi connectivity index (χ0v) is 9.24. The molecule has 0 aliphatic rings. The van der Waals surface area contributed by atoms with Gasteiger partial charge in [0.15, 0.2) is 0 Å². The molecule has 1 aromatic rings. The number of rotatable bonds is 5. The van der Waals surface area contributed by atoms with Crippen molar-refractivity contribution in [2.45, 2.75) is 13.0 Å². The van der Waals surface area contributed by atoms with E-state index in [0.29, 0.717) is 18.1 Å². The lowest BCUT2D eigenvalue weighted by atomic mass is 10.2. The van der Waals surface area contributed by atoms with Gasteiger partial charge in [0.25, 0.3) is 0 Å². The molecule has 0 saturated carbocycles. The lowest BCUT2D eigenvalue weighted by Crippen LogP contribution is -2.21. The molecule has 82 valence electrons. The fraction of sp³-hybridized carbons (Fsp3) is 0.400. The van der Waals surface area contributed by atoms with E-state index in [0.717, 1.165) is 5.56 Å². The van der Waals surface area contributed by atoms with Crippen LogP contribution in [-0.2, 0) is 11.3 Å². The molecule has 0 aromatic carbocycles. The number of hydrogen-bond acceptors (Lipinski definition) is 3. The van der Waals surface area contributed by atoms with E-state index >= 15 is 0 Å². The summed E-state index contributed by atoms with van der Waals surface area (Å²) in [5, 5.41) is 9.13. The molecule has 0 spiro atoms. The number of hydrogen-bond donors (Lipinski definition) is 1. The van der Waals surface area contributed by atoms with Crippen LogP contribution in [0.15, 0.2) is 18.5 Å². The topological polar surface area (TPSA) is 53.4 Å². The predicted molar refractivity (Wildman–Crippen MR) is 57.8 cm³/mol. The second-order valence-corrected chi connectivity index (χ2v) is 3.76. The molecule has 4 nitrogen and oxygen atoms in total. The van der Waals surface area contributed by atoms with Crippen molar-refractivity contribution >= 4 is 17.6 Å². The number of carboxylic acid groups (broad SMARTS) is 1. The Balaban J connectivity index is 2.47. The summed E-state index contributed by atoms with van der Waals surface area (Å²) in [6, 6.07) is 1.83. The molecule has 0 amide bonds. The maximum Gasteiger partial charge on any atom is 0.304 e. The van der Waals surface area contributed by atoms with Gasteiger partial charge in [0.1, 0.15) is 0 Å². The number of halogens is 1. The summed E-state index contributed by atoms with van der Waals surface area (Å²) in [5.74, 6) is -0.789. The second kappa shape index (κ2) is 5.68. The molecule has 1 rings (SSSR count). The Morgan fingerprint density at radius 1 is 1.67 bits per heavy atom. The third-order valence-electron chi connectivity index (χ3n) is 2.00. The standard InChI is InChI=1S/C10H13ClN2O2/c1-13(5-3-10(14)15)7-8-2-4-12-6-9(8)11/h2,4,6H,3,5,7H2,1H3,(H,14,15). The van der Waals surface area contributed by atoms with E-state index in [9.17, 15) is 4.79 Å². The van der Waals surface area contributed by atoms with Gasteiger partial charge in [-0.05, 0) is 18.7 Å². The largest absolute Gasteiger partial charge is 0.481 e. The van der Waals surface area contributed by atoms with Crippen molar-refractivity contribution in [2.75, 3.05) is 13.6 Å². The fourth-order valence-electron chi connectivity index (χ4n) is 1.19. The van der Waals surface area contributed by atoms with Crippen molar-refractivity contribution in [1.29, 1.82) is 0 Å². The molecule has 0 bridgehead atoms. The number of aromatic nitrogens is 1. The highest BCUT2D eigenvalue weighted by Gasteiger charge is 2.05. The quantitative estimate of drug-likeness (QED) is 0.833. The first-order valence-electron chi connectivity index (χ1n) is 4.58. The van der Waals surface area contributed by atoms with Gasteiger partial charge in [-0.2, -0.15) is 0 Å². The first-order valence-corrected chi connectivity index (χ1v) is 4.96. The van der Waals surface area contributed by atoms with Crippen molar-refractivity contribution in [3.8, 4) is 0 Å². The van der Waals surface area contributed by atoms with E-state index in [4.69, 9.17) is 16.7 Å². The van der Waals surface area contributed by atoms with Crippen molar-refractivity contribution < 1.29 is 9.90 Å². The summed E-state index contributed by atoms with van der Waals surface area (Å²) in [5.41, 5.74) is 0.958. The molecule has 0 unspecified atom stereocenters. The minimum atomic E-state index is -0.789. The Morgan fingerprint density at radius 2 is 2.40 bits per heavy atom. The lowest BCUT2D eigenvalue weighted by molar-refractivity contribution is -0.137. The van der Waals surface area contributed by atoms with Crippen LogP contribution >= 0.6 is 11.6 Å². The summed E-state index contributed by atoms with van der Waals surface area (Å²) in [6.45, 7) is 1.14. The molecule has 1 N–H and O–H groups in total. The van der Waals surface area contributed by atoms with Crippen LogP contribution in [0.3, 0.4) is 0 Å². The van der Waals surface area contributed by atoms with Crippen molar-refractivity contribution in [1.82, 2.24) is 9.88 Å². The Kier molecular flexibility index (Phi) is 4.52. The molecule has 0 fully saturated rings. The van der Waals surface area contributed by atoms with E-state index in [-0.39, 0.29) is 6.42 Å². The summed E-state index contributed by atoms with van der Waals surface area (Å²) in [4.78, 5) is 16.2. The summed E-state index contributed by atoms with van der Waals surface area (Å²) >= 11 is 5.93. The van der Waals surface area contributed by atoms with Crippen LogP contribution in [0.1, 0.15) is 12.0 Å². The van der Waals surface area contributed by atoms with Crippen molar-refractivity contribution in [2.24, 2.45) is 0 Å². The van der Waals surface area contributed by atoms with Crippen LogP contribution in [0, 0.1) is 0 Å². The summed E-state index contributed by atoms with van der Waals surface area (Å²) in [6.07, 6.45) is 3.40. The number of pyridine rings is 1. The molecular weight excluding hydrogens is 216 g/mol. The molecule has 0 aliphatic carbocycles. The average Bonchev–Trinajstić information content (AvgIpc) is 2.18. The van der Waals surface area contributed by atoms with Gasteiger partial charge in [-0.1, -0.05) is 11.6 Å². The van der Waals surface area contributed by atoms with E-state index in [1.165, 1.54) is 0 Å². The third kappa shape index (κ3) is 4.27. The molecule has 1 aromatic heterocycles. The Morgan fingerprint density at radius 3 is 3.00 bits per heavy atom. The number of carbonyl (C=O) groups is 1. The molecule has 0 aliphatic heterocycles. The zero-order valence-electron chi connectivity index (χ0n) is 8.48. The van der Waals surface area contributed by atoms with E-state index in [1.54, 1.807) is 12.4 Å². The highest BCUT2D eigenvalue weighted by Crippen LogP contribution is 2.14. The SMILES string of the molecule is CN(CCC(=O)O)Cc1ccncc1Cl. The van der Waals surface area contributed by atoms with Crippen LogP contribution in [0.4, 0.5) is 0 Å². The van der Waals surface area contributed by atoms with E-state index in [2.05, 4.69) is 4.98 Å². The van der Waals surface area contributed by atoms with Gasteiger partial charge in [-0.15, -0.1) is 0 Å². The van der Waals surface area contributed by atoms with Crippen molar-refractivity contribution in [3.63, 3.8) is 0 Å². The molecule has 5 heteroatoms. The number of nitrogens with zero attached hydrogens (tertiary/aromatic N) is 2. The maximum absolute atomic E-state index is 10.4. The highest BCUT2D eigenvalue weighted by atomic mass is 35.5. The van der Waals surface area contributed by atoms with Gasteiger partial charge in [0, 0.05) is 25.5 Å². The van der Waals surface area contributed by atoms with Crippen molar-refractivity contribution in [3.05, 3.63) is 29.0 Å². The van der Waals surface area contributed by atoms with Gasteiger partial charge >= 0.3 is 5.97 Å². The number of aliphatic carboxylic acids is 1. The Bertz CT molecular complexity index is 344.